The number of unbranched alkanes of at least 4 members (excludes halogenated alkanes) is 1. The first kappa shape index (κ1) is 31.9. The summed E-state index contributed by atoms with van der Waals surface area (Å²) in [5, 5.41) is 14.4. The summed E-state index contributed by atoms with van der Waals surface area (Å²) in [6.45, 7) is 8.00. The Morgan fingerprint density at radius 1 is 0.956 bits per heavy atom. The lowest BCUT2D eigenvalue weighted by Crippen LogP contribution is -2.37. The van der Waals surface area contributed by atoms with E-state index in [0.29, 0.717) is 12.2 Å². The molecule has 2 unspecified atom stereocenters. The first-order chi connectivity index (χ1) is 21.9. The summed E-state index contributed by atoms with van der Waals surface area (Å²) in [6.07, 6.45) is 4.86. The van der Waals surface area contributed by atoms with E-state index >= 15 is 0 Å². The molecule has 238 valence electrons. The highest BCUT2D eigenvalue weighted by Crippen LogP contribution is 2.36. The summed E-state index contributed by atoms with van der Waals surface area (Å²) in [6, 6.07) is 16.0. The average Bonchev–Trinajstić information content (AvgIpc) is 3.68. The van der Waals surface area contributed by atoms with E-state index in [4.69, 9.17) is 9.47 Å². The van der Waals surface area contributed by atoms with Crippen LogP contribution in [0.3, 0.4) is 0 Å². The number of tetrazole rings is 1. The lowest BCUT2D eigenvalue weighted by atomic mass is 9.93. The molecule has 3 heterocycles. The molecule has 1 aliphatic heterocycles. The second-order valence-electron chi connectivity index (χ2n) is 11.6. The number of rotatable bonds is 13. The minimum absolute atomic E-state index is 0.00373. The number of hydrogen-bond acceptors (Lipinski definition) is 8. The van der Waals surface area contributed by atoms with Gasteiger partial charge in [0.1, 0.15) is 0 Å². The van der Waals surface area contributed by atoms with Crippen molar-refractivity contribution in [1.82, 2.24) is 30.0 Å². The van der Waals surface area contributed by atoms with E-state index in [-0.39, 0.29) is 37.3 Å². The largest absolute Gasteiger partial charge is 0.465 e. The van der Waals surface area contributed by atoms with Gasteiger partial charge in [-0.05, 0) is 80.0 Å². The number of benzene rings is 2. The van der Waals surface area contributed by atoms with Crippen molar-refractivity contribution in [3.8, 4) is 22.5 Å². The molecule has 0 spiro atoms. The van der Waals surface area contributed by atoms with Crippen molar-refractivity contribution < 1.29 is 19.1 Å². The molecule has 0 aliphatic carbocycles. The van der Waals surface area contributed by atoms with Gasteiger partial charge in [-0.2, -0.15) is 0 Å². The standard InChI is InChI=1S/C34H42N6O5/c1-5-8-13-30-28(20-23-15-17-24(18-16-23)26-11-9-10-12-27(26)31-35-37-38-36-31)32(41)39-22(4)14-19-25(40(30)39)21-29(33(42)44-6-2)34(43)45-7-3/h9-12,15-18,22,25,29H,5-8,13-14,19-21H2,1-4H3,(H,35,36,37,38). The molecular weight excluding hydrogens is 572 g/mol. The van der Waals surface area contributed by atoms with Gasteiger partial charge in [0.05, 0.1) is 25.3 Å². The SMILES string of the molecule is CCCCc1c(Cc2ccc(-c3ccccc3-c3nnn[nH]3)cc2)c(=O)n2n1C(CC(C(=O)OCC)C(=O)OCC)CCC2C. The van der Waals surface area contributed by atoms with Crippen LogP contribution in [0.2, 0.25) is 0 Å². The van der Waals surface area contributed by atoms with Crippen molar-refractivity contribution in [2.45, 2.75) is 84.7 Å². The number of nitrogens with one attached hydrogen (secondary N) is 1. The highest BCUT2D eigenvalue weighted by Gasteiger charge is 2.37. The number of hydrogen-bond donors (Lipinski definition) is 1. The molecule has 2 atom stereocenters. The normalized spacial score (nSPS) is 16.0. The lowest BCUT2D eigenvalue weighted by Gasteiger charge is -2.34. The molecule has 0 saturated heterocycles. The zero-order valence-electron chi connectivity index (χ0n) is 26.5. The van der Waals surface area contributed by atoms with Crippen LogP contribution in [-0.4, -0.2) is 55.1 Å². The van der Waals surface area contributed by atoms with Crippen LogP contribution in [0.15, 0.2) is 53.3 Å². The molecule has 0 radical (unpaired) electrons. The van der Waals surface area contributed by atoms with Crippen LogP contribution in [-0.2, 0) is 31.9 Å². The van der Waals surface area contributed by atoms with Crippen molar-refractivity contribution in [2.24, 2.45) is 5.92 Å². The molecule has 0 bridgehead atoms. The summed E-state index contributed by atoms with van der Waals surface area (Å²) >= 11 is 0. The zero-order chi connectivity index (χ0) is 31.9. The Bertz CT molecular complexity index is 1640. The fourth-order valence-corrected chi connectivity index (χ4v) is 6.39. The molecule has 11 nitrogen and oxygen atoms in total. The Labute approximate surface area is 262 Å². The number of aromatic nitrogens is 6. The predicted octanol–water partition coefficient (Wildman–Crippen LogP) is 5.46. The van der Waals surface area contributed by atoms with Gasteiger partial charge in [-0.15, -0.1) is 5.10 Å². The minimum atomic E-state index is -1.04. The van der Waals surface area contributed by atoms with Crippen molar-refractivity contribution in [3.05, 3.63) is 75.7 Å². The third-order valence-electron chi connectivity index (χ3n) is 8.59. The van der Waals surface area contributed by atoms with E-state index < -0.39 is 17.9 Å². The topological polar surface area (TPSA) is 134 Å². The molecule has 0 fully saturated rings. The third kappa shape index (κ3) is 6.77. The van der Waals surface area contributed by atoms with Crippen LogP contribution < -0.4 is 5.56 Å². The molecule has 45 heavy (non-hydrogen) atoms. The third-order valence-corrected chi connectivity index (χ3v) is 8.59. The van der Waals surface area contributed by atoms with Crippen LogP contribution in [0.5, 0.6) is 0 Å². The maximum absolute atomic E-state index is 14.1. The quantitative estimate of drug-likeness (QED) is 0.155. The number of fused-ring (bicyclic) bond motifs is 1. The van der Waals surface area contributed by atoms with Crippen molar-refractivity contribution >= 4 is 11.9 Å². The Morgan fingerprint density at radius 3 is 2.27 bits per heavy atom. The predicted molar refractivity (Wildman–Crippen MR) is 170 cm³/mol. The van der Waals surface area contributed by atoms with Gasteiger partial charge < -0.3 is 9.47 Å². The first-order valence-electron chi connectivity index (χ1n) is 16.0. The van der Waals surface area contributed by atoms with Gasteiger partial charge in [-0.25, -0.2) is 9.78 Å². The minimum Gasteiger partial charge on any atom is -0.465 e. The van der Waals surface area contributed by atoms with E-state index in [1.807, 2.05) is 28.9 Å². The number of aromatic amines is 1. The molecule has 0 amide bonds. The van der Waals surface area contributed by atoms with E-state index in [0.717, 1.165) is 65.6 Å². The van der Waals surface area contributed by atoms with Crippen LogP contribution in [0, 0.1) is 5.92 Å². The number of carbonyl (C=O) groups excluding carboxylic acids is 2. The molecule has 4 aromatic rings. The molecular formula is C34H42N6O5. The van der Waals surface area contributed by atoms with E-state index in [1.54, 1.807) is 13.8 Å². The molecule has 2 aromatic carbocycles. The molecule has 11 heteroatoms. The molecule has 2 aromatic heterocycles. The fourth-order valence-electron chi connectivity index (χ4n) is 6.39. The van der Waals surface area contributed by atoms with Crippen LogP contribution in [0.1, 0.15) is 88.7 Å². The monoisotopic (exact) mass is 614 g/mol. The number of ether oxygens (including phenoxy) is 2. The zero-order valence-corrected chi connectivity index (χ0v) is 26.5. The molecule has 1 N–H and O–H groups in total. The van der Waals surface area contributed by atoms with Crippen molar-refractivity contribution in [1.29, 1.82) is 0 Å². The van der Waals surface area contributed by atoms with Crippen molar-refractivity contribution in [3.63, 3.8) is 0 Å². The highest BCUT2D eigenvalue weighted by atomic mass is 16.6. The van der Waals surface area contributed by atoms with Crippen LogP contribution in [0.25, 0.3) is 22.5 Å². The van der Waals surface area contributed by atoms with Gasteiger partial charge in [-0.1, -0.05) is 61.9 Å². The van der Waals surface area contributed by atoms with E-state index in [9.17, 15) is 14.4 Å². The fraction of sp³-hybridized carbons (Fsp3) is 0.471. The Hall–Kier alpha value is -4.54. The Balaban J connectivity index is 1.49. The number of nitrogens with zero attached hydrogens (tertiary/aromatic N) is 5. The molecule has 1 aliphatic rings. The summed E-state index contributed by atoms with van der Waals surface area (Å²) in [4.78, 5) is 39.9. The van der Waals surface area contributed by atoms with Crippen LogP contribution >= 0.6 is 0 Å². The van der Waals surface area contributed by atoms with Gasteiger partial charge in [0.2, 0.25) is 0 Å². The van der Waals surface area contributed by atoms with E-state index in [2.05, 4.69) is 63.4 Å². The summed E-state index contributed by atoms with van der Waals surface area (Å²) in [5.74, 6) is -1.60. The summed E-state index contributed by atoms with van der Waals surface area (Å²) < 4.78 is 14.5. The summed E-state index contributed by atoms with van der Waals surface area (Å²) in [5.41, 5.74) is 5.69. The summed E-state index contributed by atoms with van der Waals surface area (Å²) in [7, 11) is 0. The van der Waals surface area contributed by atoms with Gasteiger partial charge >= 0.3 is 11.9 Å². The second kappa shape index (κ2) is 14.5. The van der Waals surface area contributed by atoms with Crippen LogP contribution in [0.4, 0.5) is 0 Å². The lowest BCUT2D eigenvalue weighted by molar-refractivity contribution is -0.162. The molecule has 0 saturated carbocycles. The number of H-pyrrole nitrogens is 1. The van der Waals surface area contributed by atoms with Crippen molar-refractivity contribution in [2.75, 3.05) is 13.2 Å². The number of carbonyl (C=O) groups is 2. The average molecular weight is 615 g/mol. The Morgan fingerprint density at radius 2 is 1.64 bits per heavy atom. The Kier molecular flexibility index (Phi) is 10.3. The first-order valence-corrected chi connectivity index (χ1v) is 16.0. The second-order valence-corrected chi connectivity index (χ2v) is 11.6. The van der Waals surface area contributed by atoms with Gasteiger partial charge in [0, 0.05) is 23.2 Å². The number of esters is 2. The molecule has 5 rings (SSSR count). The van der Waals surface area contributed by atoms with Gasteiger partial charge in [0.25, 0.3) is 5.56 Å². The van der Waals surface area contributed by atoms with Gasteiger partial charge in [-0.3, -0.25) is 19.1 Å². The smallest absolute Gasteiger partial charge is 0.320 e. The maximum atomic E-state index is 14.1. The van der Waals surface area contributed by atoms with E-state index in [1.165, 1.54) is 0 Å². The highest BCUT2D eigenvalue weighted by molar-refractivity contribution is 5.95. The maximum Gasteiger partial charge on any atom is 0.320 e. The van der Waals surface area contributed by atoms with Gasteiger partial charge in [0.15, 0.2) is 11.7 Å².